The molecule has 6 nitrogen and oxygen atoms in total. The molecule has 0 amide bonds. The average molecular weight is 217 g/mol. The standard InChI is InChI=1S/C7H6O6S/c8-6-2-1-4(14(11,12)13)3-5(6)7(9)10/h1-3,8H,(H,9,10)(H,11,12,13)/p-1. The lowest BCUT2D eigenvalue weighted by molar-refractivity contribution is -0.268. The molecule has 1 aromatic carbocycles. The number of carbonyl (C=O) groups is 1. The maximum atomic E-state index is 10.9. The van der Waals surface area contributed by atoms with Crippen molar-refractivity contribution in [1.82, 2.24) is 0 Å². The summed E-state index contributed by atoms with van der Waals surface area (Å²) in [6.45, 7) is 0. The first-order valence-corrected chi connectivity index (χ1v) is 4.78. The molecule has 0 aromatic heterocycles. The van der Waals surface area contributed by atoms with Crippen LogP contribution >= 0.6 is 0 Å². The molecule has 0 unspecified atom stereocenters. The Morgan fingerprint density at radius 3 is 2.36 bits per heavy atom. The third kappa shape index (κ3) is 2.01. The molecule has 14 heavy (non-hydrogen) atoms. The van der Waals surface area contributed by atoms with Gasteiger partial charge in [0.2, 0.25) is 0 Å². The van der Waals surface area contributed by atoms with E-state index in [2.05, 4.69) is 0 Å². The Morgan fingerprint density at radius 2 is 1.93 bits per heavy atom. The second-order valence-electron chi connectivity index (χ2n) is 2.44. The molecule has 0 atom stereocenters. The molecular formula is C7H5O6S-. The fourth-order valence-corrected chi connectivity index (χ4v) is 1.34. The van der Waals surface area contributed by atoms with E-state index in [0.717, 1.165) is 12.1 Å². The Balaban J connectivity index is 3.42. The molecule has 0 fully saturated rings. The van der Waals surface area contributed by atoms with Gasteiger partial charge in [-0.15, -0.1) is 0 Å². The van der Waals surface area contributed by atoms with E-state index in [1.165, 1.54) is 0 Å². The van der Waals surface area contributed by atoms with Crippen LogP contribution in [0, 0.1) is 0 Å². The molecule has 1 aromatic rings. The molecule has 0 aliphatic heterocycles. The first-order valence-electron chi connectivity index (χ1n) is 3.34. The minimum atomic E-state index is -4.48. The Hall–Kier alpha value is -1.60. The van der Waals surface area contributed by atoms with Crippen LogP contribution in [0.1, 0.15) is 10.4 Å². The van der Waals surface area contributed by atoms with E-state index >= 15 is 0 Å². The van der Waals surface area contributed by atoms with Crippen LogP contribution in [0.2, 0.25) is 0 Å². The Labute approximate surface area is 79.2 Å². The monoisotopic (exact) mass is 217 g/mol. The van der Waals surface area contributed by atoms with Gasteiger partial charge in [0.25, 0.3) is 10.1 Å². The zero-order valence-electron chi connectivity index (χ0n) is 6.67. The number of hydrogen-bond donors (Lipinski definition) is 2. The zero-order chi connectivity index (χ0) is 10.9. The molecule has 0 saturated heterocycles. The van der Waals surface area contributed by atoms with Crippen molar-refractivity contribution in [2.24, 2.45) is 0 Å². The van der Waals surface area contributed by atoms with Crippen molar-refractivity contribution in [1.29, 1.82) is 0 Å². The van der Waals surface area contributed by atoms with E-state index in [-0.39, 0.29) is 0 Å². The smallest absolute Gasteiger partial charge is 0.335 e. The van der Waals surface area contributed by atoms with Gasteiger partial charge in [0.05, 0.1) is 10.5 Å². The van der Waals surface area contributed by atoms with Crippen LogP contribution in [-0.4, -0.2) is 24.0 Å². The van der Waals surface area contributed by atoms with Gasteiger partial charge in [0, 0.05) is 0 Å². The van der Waals surface area contributed by atoms with Crippen molar-refractivity contribution in [2.75, 3.05) is 0 Å². The van der Waals surface area contributed by atoms with Crippen molar-refractivity contribution < 1.29 is 28.0 Å². The molecule has 0 heterocycles. The molecular weight excluding hydrogens is 212 g/mol. The van der Waals surface area contributed by atoms with Gasteiger partial charge in [-0.3, -0.25) is 4.55 Å². The van der Waals surface area contributed by atoms with E-state index in [1.807, 2.05) is 0 Å². The largest absolute Gasteiger partial charge is 0.872 e. The number of benzene rings is 1. The summed E-state index contributed by atoms with van der Waals surface area (Å²) in [7, 11) is -4.48. The Kier molecular flexibility index (Phi) is 2.45. The van der Waals surface area contributed by atoms with Gasteiger partial charge in [-0.2, -0.15) is 8.42 Å². The maximum absolute atomic E-state index is 10.9. The summed E-state index contributed by atoms with van der Waals surface area (Å²) < 4.78 is 29.7. The molecule has 76 valence electrons. The maximum Gasteiger partial charge on any atom is 0.335 e. The highest BCUT2D eigenvalue weighted by Gasteiger charge is 2.12. The Bertz CT molecular complexity index is 475. The van der Waals surface area contributed by atoms with E-state index in [0.29, 0.717) is 6.07 Å². The van der Waals surface area contributed by atoms with E-state index in [1.54, 1.807) is 0 Å². The van der Waals surface area contributed by atoms with Crippen LogP contribution < -0.4 is 5.11 Å². The van der Waals surface area contributed by atoms with Gasteiger partial charge in [0.15, 0.2) is 0 Å². The van der Waals surface area contributed by atoms with Gasteiger partial charge < -0.3 is 10.2 Å². The second-order valence-corrected chi connectivity index (χ2v) is 3.86. The molecule has 0 radical (unpaired) electrons. The van der Waals surface area contributed by atoms with E-state index < -0.39 is 32.3 Å². The molecule has 7 heteroatoms. The van der Waals surface area contributed by atoms with Crippen LogP contribution in [-0.2, 0) is 10.1 Å². The highest BCUT2D eigenvalue weighted by Crippen LogP contribution is 2.18. The van der Waals surface area contributed by atoms with Gasteiger partial charge in [0.1, 0.15) is 0 Å². The molecule has 0 spiro atoms. The summed E-state index contributed by atoms with van der Waals surface area (Å²) in [5.41, 5.74) is -0.694. The number of rotatable bonds is 2. The average Bonchev–Trinajstić information content (AvgIpc) is 2.02. The first kappa shape index (κ1) is 10.5. The number of carboxylic acid groups (broad SMARTS) is 1. The minimum absolute atomic E-state index is 0.611. The van der Waals surface area contributed by atoms with Crippen LogP contribution in [0.5, 0.6) is 5.75 Å². The molecule has 0 aliphatic carbocycles. The summed E-state index contributed by atoms with van der Waals surface area (Å²) in [5.74, 6) is -2.36. The van der Waals surface area contributed by atoms with Crippen LogP contribution in [0.3, 0.4) is 0 Å². The van der Waals surface area contributed by atoms with E-state index in [4.69, 9.17) is 9.66 Å². The summed E-state index contributed by atoms with van der Waals surface area (Å²) in [6.07, 6.45) is 0. The lowest BCUT2D eigenvalue weighted by Gasteiger charge is -2.09. The van der Waals surface area contributed by atoms with Gasteiger partial charge in [-0.05, 0) is 12.1 Å². The lowest BCUT2D eigenvalue weighted by Crippen LogP contribution is -2.06. The van der Waals surface area contributed by atoms with Gasteiger partial charge in [-0.25, -0.2) is 4.79 Å². The van der Waals surface area contributed by atoms with E-state index in [9.17, 15) is 18.3 Å². The summed E-state index contributed by atoms with van der Waals surface area (Å²) in [5, 5.41) is 19.4. The summed E-state index contributed by atoms with van der Waals surface area (Å²) in [6, 6.07) is 2.22. The Morgan fingerprint density at radius 1 is 1.36 bits per heavy atom. The number of carboxylic acids is 1. The first-order chi connectivity index (χ1) is 6.32. The van der Waals surface area contributed by atoms with Crippen molar-refractivity contribution >= 4 is 16.1 Å². The number of aromatic carboxylic acids is 1. The molecule has 0 bridgehead atoms. The van der Waals surface area contributed by atoms with Gasteiger partial charge >= 0.3 is 5.97 Å². The second kappa shape index (κ2) is 3.28. The van der Waals surface area contributed by atoms with Crippen molar-refractivity contribution in [3.05, 3.63) is 23.8 Å². The number of hydrogen-bond acceptors (Lipinski definition) is 4. The summed E-state index contributed by atoms with van der Waals surface area (Å²) >= 11 is 0. The van der Waals surface area contributed by atoms with Crippen molar-refractivity contribution in [2.45, 2.75) is 4.90 Å². The van der Waals surface area contributed by atoms with Crippen LogP contribution in [0.4, 0.5) is 0 Å². The molecule has 2 N–H and O–H groups in total. The van der Waals surface area contributed by atoms with Crippen LogP contribution in [0.25, 0.3) is 0 Å². The highest BCUT2D eigenvalue weighted by molar-refractivity contribution is 7.85. The minimum Gasteiger partial charge on any atom is -0.872 e. The third-order valence-corrected chi connectivity index (χ3v) is 2.33. The molecule has 0 aliphatic rings. The highest BCUT2D eigenvalue weighted by atomic mass is 32.2. The fourth-order valence-electron chi connectivity index (χ4n) is 0.837. The fraction of sp³-hybridized carbons (Fsp3) is 0. The predicted molar refractivity (Wildman–Crippen MR) is 42.7 cm³/mol. The predicted octanol–water partition coefficient (Wildman–Crippen LogP) is -0.295. The zero-order valence-corrected chi connectivity index (χ0v) is 7.48. The van der Waals surface area contributed by atoms with Crippen LogP contribution in [0.15, 0.2) is 23.1 Å². The normalized spacial score (nSPS) is 11.2. The topological polar surface area (TPSA) is 115 Å². The third-order valence-electron chi connectivity index (χ3n) is 1.48. The summed E-state index contributed by atoms with van der Waals surface area (Å²) in [4.78, 5) is 9.81. The van der Waals surface area contributed by atoms with Crippen molar-refractivity contribution in [3.63, 3.8) is 0 Å². The molecule has 1 rings (SSSR count). The quantitative estimate of drug-likeness (QED) is 0.657. The molecule has 0 saturated carbocycles. The van der Waals surface area contributed by atoms with Crippen molar-refractivity contribution in [3.8, 4) is 5.75 Å². The SMILES string of the molecule is O=C(O)c1cc(S(=O)(=O)O)ccc1[O-]. The van der Waals surface area contributed by atoms with Gasteiger partial charge in [-0.1, -0.05) is 11.8 Å². The lowest BCUT2D eigenvalue weighted by atomic mass is 10.2.